The van der Waals surface area contributed by atoms with Crippen LogP contribution in [0.15, 0.2) is 29.2 Å². The molecule has 0 bridgehead atoms. The fourth-order valence-corrected chi connectivity index (χ4v) is 3.49. The average Bonchev–Trinajstić information content (AvgIpc) is 2.28. The average molecular weight is 270 g/mol. The van der Waals surface area contributed by atoms with Crippen molar-refractivity contribution in [3.8, 4) is 0 Å². The molecule has 0 aliphatic rings. The molecule has 0 saturated heterocycles. The second-order valence-electron chi connectivity index (χ2n) is 4.82. The van der Waals surface area contributed by atoms with E-state index in [0.717, 1.165) is 0 Å². The number of rotatable bonds is 5. The van der Waals surface area contributed by atoms with Crippen LogP contribution in [0.4, 0.5) is 0 Å². The van der Waals surface area contributed by atoms with Gasteiger partial charge in [-0.05, 0) is 37.5 Å². The van der Waals surface area contributed by atoms with Crippen LogP contribution in [0, 0.1) is 5.92 Å². The van der Waals surface area contributed by atoms with Crippen LogP contribution in [0.1, 0.15) is 37.6 Å². The lowest BCUT2D eigenvalue weighted by Crippen LogP contribution is -2.20. The van der Waals surface area contributed by atoms with Gasteiger partial charge in [0.15, 0.2) is 9.84 Å². The molecule has 0 aliphatic carbocycles. The number of carboxylic acid groups (broad SMARTS) is 1. The monoisotopic (exact) mass is 270 g/mol. The van der Waals surface area contributed by atoms with Crippen LogP contribution in [0.2, 0.25) is 0 Å². The van der Waals surface area contributed by atoms with Crippen molar-refractivity contribution in [3.63, 3.8) is 0 Å². The number of carbonyl (C=O) groups is 1. The first kappa shape index (κ1) is 14.7. The van der Waals surface area contributed by atoms with Gasteiger partial charge in [0.2, 0.25) is 0 Å². The third kappa shape index (κ3) is 3.32. The lowest BCUT2D eigenvalue weighted by atomic mass is 10.1. The Morgan fingerprint density at radius 2 is 1.89 bits per heavy atom. The Labute approximate surface area is 108 Å². The lowest BCUT2D eigenvalue weighted by molar-refractivity contribution is 0.0696. The fraction of sp³-hybridized carbons (Fsp3) is 0.462. The minimum absolute atomic E-state index is 0.00665. The highest BCUT2D eigenvalue weighted by atomic mass is 32.2. The van der Waals surface area contributed by atoms with Crippen molar-refractivity contribution >= 4 is 15.8 Å². The van der Waals surface area contributed by atoms with Crippen molar-refractivity contribution in [1.29, 1.82) is 0 Å². The molecule has 0 amide bonds. The molecule has 1 unspecified atom stereocenters. The molecule has 1 rings (SSSR count). The lowest BCUT2D eigenvalue weighted by Gasteiger charge is -2.15. The van der Waals surface area contributed by atoms with Gasteiger partial charge < -0.3 is 5.11 Å². The van der Waals surface area contributed by atoms with Gasteiger partial charge in [0, 0.05) is 0 Å². The molecule has 0 aliphatic heterocycles. The van der Waals surface area contributed by atoms with Gasteiger partial charge in [0.1, 0.15) is 0 Å². The summed E-state index contributed by atoms with van der Waals surface area (Å²) in [5.74, 6) is -0.846. The van der Waals surface area contributed by atoms with Crippen LogP contribution >= 0.6 is 0 Å². The first-order valence-corrected chi connectivity index (χ1v) is 7.37. The van der Waals surface area contributed by atoms with Gasteiger partial charge in [-0.1, -0.05) is 19.9 Å². The maximum absolute atomic E-state index is 12.2. The van der Waals surface area contributed by atoms with Crippen molar-refractivity contribution < 1.29 is 18.3 Å². The summed E-state index contributed by atoms with van der Waals surface area (Å²) in [5, 5.41) is 8.35. The number of hydrogen-bond donors (Lipinski definition) is 1. The van der Waals surface area contributed by atoms with Crippen LogP contribution in [-0.2, 0) is 9.84 Å². The van der Waals surface area contributed by atoms with Gasteiger partial charge in [0.05, 0.1) is 15.7 Å². The second kappa shape index (κ2) is 5.52. The van der Waals surface area contributed by atoms with Crippen LogP contribution in [0.5, 0.6) is 0 Å². The topological polar surface area (TPSA) is 71.4 Å². The first-order valence-electron chi connectivity index (χ1n) is 5.82. The molecule has 1 atom stereocenters. The van der Waals surface area contributed by atoms with E-state index in [9.17, 15) is 13.2 Å². The summed E-state index contributed by atoms with van der Waals surface area (Å²) in [6, 6.07) is 5.50. The van der Waals surface area contributed by atoms with E-state index in [2.05, 4.69) is 0 Å². The molecule has 0 heterocycles. The predicted molar refractivity (Wildman–Crippen MR) is 69.5 cm³/mol. The molecular weight excluding hydrogens is 252 g/mol. The Balaban J connectivity index is 3.12. The van der Waals surface area contributed by atoms with Crippen molar-refractivity contribution in [2.24, 2.45) is 5.92 Å². The van der Waals surface area contributed by atoms with E-state index in [-0.39, 0.29) is 16.4 Å². The number of carboxylic acids is 1. The van der Waals surface area contributed by atoms with Crippen LogP contribution in [0.25, 0.3) is 0 Å². The Kier molecular flexibility index (Phi) is 4.51. The van der Waals surface area contributed by atoms with Gasteiger partial charge in [0.25, 0.3) is 0 Å². The number of aromatic carboxylic acids is 1. The van der Waals surface area contributed by atoms with E-state index < -0.39 is 21.1 Å². The molecule has 0 saturated carbocycles. The highest BCUT2D eigenvalue weighted by molar-refractivity contribution is 7.92. The Morgan fingerprint density at radius 3 is 2.39 bits per heavy atom. The van der Waals surface area contributed by atoms with Crippen molar-refractivity contribution in [2.45, 2.75) is 37.3 Å². The molecule has 1 aromatic rings. The normalized spacial score (nSPS) is 13.6. The van der Waals surface area contributed by atoms with E-state index in [4.69, 9.17) is 5.11 Å². The van der Waals surface area contributed by atoms with Gasteiger partial charge in [-0.2, -0.15) is 0 Å². The standard InChI is InChI=1S/C13H18O4S/c1-9(2)7-10(3)18(16,17)12-6-4-5-11(8-12)13(14)15/h4-6,8-10H,7H2,1-3H3,(H,14,15). The summed E-state index contributed by atoms with van der Waals surface area (Å²) >= 11 is 0. The predicted octanol–water partition coefficient (Wildman–Crippen LogP) is 2.59. The molecule has 1 aromatic carbocycles. The van der Waals surface area contributed by atoms with Crippen molar-refractivity contribution in [2.75, 3.05) is 0 Å². The number of sulfone groups is 1. The van der Waals surface area contributed by atoms with Crippen molar-refractivity contribution in [1.82, 2.24) is 0 Å². The molecule has 0 fully saturated rings. The van der Waals surface area contributed by atoms with Gasteiger partial charge in [-0.15, -0.1) is 0 Å². The molecule has 1 N–H and O–H groups in total. The fourth-order valence-electron chi connectivity index (χ4n) is 1.83. The summed E-state index contributed by atoms with van der Waals surface area (Å²) in [6.45, 7) is 5.57. The van der Waals surface area contributed by atoms with Crippen molar-refractivity contribution in [3.05, 3.63) is 29.8 Å². The molecule has 0 spiro atoms. The number of hydrogen-bond acceptors (Lipinski definition) is 3. The molecule has 18 heavy (non-hydrogen) atoms. The summed E-state index contributed by atoms with van der Waals surface area (Å²) in [6.07, 6.45) is 0.555. The summed E-state index contributed by atoms with van der Waals surface area (Å²) in [7, 11) is -3.45. The minimum atomic E-state index is -3.45. The zero-order valence-corrected chi connectivity index (χ0v) is 11.6. The first-order chi connectivity index (χ1) is 8.25. The minimum Gasteiger partial charge on any atom is -0.478 e. The van der Waals surface area contributed by atoms with Gasteiger partial charge in [-0.3, -0.25) is 0 Å². The van der Waals surface area contributed by atoms with Crippen LogP contribution < -0.4 is 0 Å². The summed E-state index contributed by atoms with van der Waals surface area (Å²) in [4.78, 5) is 10.9. The third-order valence-electron chi connectivity index (χ3n) is 2.74. The number of benzene rings is 1. The van der Waals surface area contributed by atoms with E-state index in [1.165, 1.54) is 24.3 Å². The molecule has 0 aromatic heterocycles. The third-order valence-corrected chi connectivity index (χ3v) is 4.91. The summed E-state index contributed by atoms with van der Waals surface area (Å²) in [5.41, 5.74) is -0.00665. The Morgan fingerprint density at radius 1 is 1.28 bits per heavy atom. The smallest absolute Gasteiger partial charge is 0.335 e. The molecule has 4 nitrogen and oxygen atoms in total. The van der Waals surface area contributed by atoms with E-state index >= 15 is 0 Å². The summed E-state index contributed by atoms with van der Waals surface area (Å²) < 4.78 is 24.5. The molecule has 100 valence electrons. The molecular formula is C13H18O4S. The van der Waals surface area contributed by atoms with E-state index in [1.807, 2.05) is 13.8 Å². The molecule has 5 heteroatoms. The highest BCUT2D eigenvalue weighted by Gasteiger charge is 2.24. The zero-order chi connectivity index (χ0) is 13.9. The highest BCUT2D eigenvalue weighted by Crippen LogP contribution is 2.21. The van der Waals surface area contributed by atoms with Gasteiger partial charge >= 0.3 is 5.97 Å². The zero-order valence-electron chi connectivity index (χ0n) is 10.8. The van der Waals surface area contributed by atoms with Crippen LogP contribution in [-0.4, -0.2) is 24.7 Å². The van der Waals surface area contributed by atoms with Gasteiger partial charge in [-0.25, -0.2) is 13.2 Å². The Bertz CT molecular complexity index is 532. The maximum Gasteiger partial charge on any atom is 0.335 e. The van der Waals surface area contributed by atoms with Crippen LogP contribution in [0.3, 0.4) is 0 Å². The maximum atomic E-state index is 12.2. The largest absolute Gasteiger partial charge is 0.478 e. The van der Waals surface area contributed by atoms with E-state index in [0.29, 0.717) is 6.42 Å². The Hall–Kier alpha value is -1.36. The SMILES string of the molecule is CC(C)CC(C)S(=O)(=O)c1cccc(C(=O)O)c1. The van der Waals surface area contributed by atoms with E-state index in [1.54, 1.807) is 6.92 Å². The molecule has 0 radical (unpaired) electrons. The second-order valence-corrected chi connectivity index (χ2v) is 7.18. The quantitative estimate of drug-likeness (QED) is 0.892.